The number of rotatable bonds is 4. The lowest BCUT2D eigenvalue weighted by Gasteiger charge is -2.32. The van der Waals surface area contributed by atoms with E-state index in [-0.39, 0.29) is 0 Å². The molecule has 1 saturated carbocycles. The van der Waals surface area contributed by atoms with Crippen molar-refractivity contribution >= 4 is 0 Å². The number of nitrogens with one attached hydrogen (secondary N) is 2. The van der Waals surface area contributed by atoms with Gasteiger partial charge in [-0.05, 0) is 24.3 Å². The molecule has 2 unspecified atom stereocenters. The van der Waals surface area contributed by atoms with Crippen LogP contribution in [0, 0.1) is 0 Å². The molecule has 0 bridgehead atoms. The molecular formula is C16H21N3. The van der Waals surface area contributed by atoms with Crippen molar-refractivity contribution in [3.63, 3.8) is 0 Å². The smallest absolute Gasteiger partial charge is 0.0922 e. The maximum atomic E-state index is 4.07. The van der Waals surface area contributed by atoms with Crippen molar-refractivity contribution in [3.05, 3.63) is 54.1 Å². The van der Waals surface area contributed by atoms with E-state index in [1.54, 1.807) is 6.33 Å². The zero-order valence-corrected chi connectivity index (χ0v) is 11.2. The van der Waals surface area contributed by atoms with Gasteiger partial charge in [-0.25, -0.2) is 4.98 Å². The second-order valence-corrected chi connectivity index (χ2v) is 5.37. The minimum absolute atomic E-state index is 0.583. The quantitative estimate of drug-likeness (QED) is 0.880. The van der Waals surface area contributed by atoms with Crippen molar-refractivity contribution in [2.75, 3.05) is 0 Å². The second-order valence-electron chi connectivity index (χ2n) is 5.37. The topological polar surface area (TPSA) is 40.7 Å². The van der Waals surface area contributed by atoms with Crippen LogP contribution >= 0.6 is 0 Å². The molecule has 3 rings (SSSR count). The van der Waals surface area contributed by atoms with E-state index in [1.165, 1.54) is 31.2 Å². The van der Waals surface area contributed by atoms with Crippen LogP contribution in [0.25, 0.3) is 0 Å². The van der Waals surface area contributed by atoms with Gasteiger partial charge in [0.05, 0.1) is 6.33 Å². The Morgan fingerprint density at radius 1 is 1.16 bits per heavy atom. The van der Waals surface area contributed by atoms with Gasteiger partial charge in [0.15, 0.2) is 0 Å². The third-order valence-corrected chi connectivity index (χ3v) is 4.10. The van der Waals surface area contributed by atoms with E-state index >= 15 is 0 Å². The van der Waals surface area contributed by atoms with Crippen LogP contribution in [-0.2, 0) is 6.54 Å². The summed E-state index contributed by atoms with van der Waals surface area (Å²) in [6.45, 7) is 0.883. The average molecular weight is 255 g/mol. The molecule has 1 heterocycles. The zero-order valence-electron chi connectivity index (χ0n) is 11.2. The summed E-state index contributed by atoms with van der Waals surface area (Å²) in [4.78, 5) is 7.23. The third-order valence-electron chi connectivity index (χ3n) is 4.10. The molecule has 1 aliphatic rings. The molecule has 1 aromatic heterocycles. The summed E-state index contributed by atoms with van der Waals surface area (Å²) in [5.74, 6) is 0.651. The number of hydrogen-bond acceptors (Lipinski definition) is 2. The molecule has 2 atom stereocenters. The van der Waals surface area contributed by atoms with Crippen LogP contribution in [0.3, 0.4) is 0 Å². The first-order chi connectivity index (χ1) is 9.43. The molecule has 19 heavy (non-hydrogen) atoms. The van der Waals surface area contributed by atoms with Gasteiger partial charge in [-0.2, -0.15) is 0 Å². The van der Waals surface area contributed by atoms with Gasteiger partial charge in [0.2, 0.25) is 0 Å². The molecule has 3 heteroatoms. The van der Waals surface area contributed by atoms with Crippen LogP contribution < -0.4 is 5.32 Å². The second kappa shape index (κ2) is 6.02. The highest BCUT2D eigenvalue weighted by Crippen LogP contribution is 2.33. The van der Waals surface area contributed by atoms with E-state index in [0.717, 1.165) is 12.2 Å². The van der Waals surface area contributed by atoms with Gasteiger partial charge in [-0.1, -0.05) is 43.2 Å². The first-order valence-corrected chi connectivity index (χ1v) is 7.19. The van der Waals surface area contributed by atoms with Crippen molar-refractivity contribution < 1.29 is 0 Å². The minimum Gasteiger partial charge on any atom is -0.347 e. The Kier molecular flexibility index (Phi) is 3.94. The largest absolute Gasteiger partial charge is 0.347 e. The van der Waals surface area contributed by atoms with E-state index in [9.17, 15) is 0 Å². The van der Waals surface area contributed by atoms with E-state index in [1.807, 2.05) is 6.20 Å². The Labute approximate surface area is 114 Å². The molecule has 0 radical (unpaired) electrons. The fraction of sp³-hybridized carbons (Fsp3) is 0.438. The standard InChI is InChI=1S/C16H21N3/c1-2-6-13(7-3-1)15-8-4-5-9-16(15)18-11-14-10-17-12-19-14/h1-3,6-7,10,12,15-16,18H,4-5,8-9,11H2,(H,17,19). The maximum absolute atomic E-state index is 4.07. The van der Waals surface area contributed by atoms with E-state index in [0.29, 0.717) is 12.0 Å². The first-order valence-electron chi connectivity index (χ1n) is 7.19. The molecule has 3 nitrogen and oxygen atoms in total. The van der Waals surface area contributed by atoms with Crippen LogP contribution in [0.1, 0.15) is 42.9 Å². The first kappa shape index (κ1) is 12.4. The summed E-state index contributed by atoms with van der Waals surface area (Å²) in [6, 6.07) is 11.5. The van der Waals surface area contributed by atoms with Crippen LogP contribution in [0.15, 0.2) is 42.9 Å². The van der Waals surface area contributed by atoms with Gasteiger partial charge in [-0.15, -0.1) is 0 Å². The normalized spacial score (nSPS) is 23.4. The average Bonchev–Trinajstić information content (AvgIpc) is 3.00. The highest BCUT2D eigenvalue weighted by Gasteiger charge is 2.25. The molecule has 1 aromatic carbocycles. The Morgan fingerprint density at radius 3 is 2.79 bits per heavy atom. The fourth-order valence-corrected chi connectivity index (χ4v) is 3.10. The summed E-state index contributed by atoms with van der Waals surface area (Å²) >= 11 is 0. The van der Waals surface area contributed by atoms with Crippen molar-refractivity contribution in [2.45, 2.75) is 44.2 Å². The van der Waals surface area contributed by atoms with Crippen LogP contribution in [0.4, 0.5) is 0 Å². The van der Waals surface area contributed by atoms with Gasteiger partial charge < -0.3 is 10.3 Å². The number of imidazole rings is 1. The third kappa shape index (κ3) is 3.04. The number of nitrogens with zero attached hydrogens (tertiary/aromatic N) is 1. The lowest BCUT2D eigenvalue weighted by Crippen LogP contribution is -2.36. The predicted molar refractivity (Wildman–Crippen MR) is 76.9 cm³/mol. The molecule has 0 aliphatic heterocycles. The summed E-state index contributed by atoms with van der Waals surface area (Å²) < 4.78 is 0. The lowest BCUT2D eigenvalue weighted by atomic mass is 9.80. The molecule has 0 amide bonds. The lowest BCUT2D eigenvalue weighted by molar-refractivity contribution is 0.325. The number of aromatic amines is 1. The molecular weight excluding hydrogens is 234 g/mol. The summed E-state index contributed by atoms with van der Waals surface area (Å²) in [6.07, 6.45) is 8.89. The maximum Gasteiger partial charge on any atom is 0.0922 e. The SMILES string of the molecule is c1ccc(C2CCCCC2NCc2cnc[nH]2)cc1. The monoisotopic (exact) mass is 255 g/mol. The Morgan fingerprint density at radius 2 is 2.00 bits per heavy atom. The summed E-state index contributed by atoms with van der Waals surface area (Å²) in [7, 11) is 0. The molecule has 1 aliphatic carbocycles. The molecule has 100 valence electrons. The van der Waals surface area contributed by atoms with Gasteiger partial charge in [0.1, 0.15) is 0 Å². The molecule has 0 spiro atoms. The minimum atomic E-state index is 0.583. The molecule has 0 saturated heterocycles. The molecule has 1 fully saturated rings. The molecule has 2 N–H and O–H groups in total. The van der Waals surface area contributed by atoms with Crippen molar-refractivity contribution in [2.24, 2.45) is 0 Å². The number of hydrogen-bond donors (Lipinski definition) is 2. The van der Waals surface area contributed by atoms with Crippen molar-refractivity contribution in [1.29, 1.82) is 0 Å². The summed E-state index contributed by atoms with van der Waals surface area (Å²) in [5.41, 5.74) is 2.64. The van der Waals surface area contributed by atoms with Crippen LogP contribution in [-0.4, -0.2) is 16.0 Å². The van der Waals surface area contributed by atoms with Crippen molar-refractivity contribution in [3.8, 4) is 0 Å². The molecule has 2 aromatic rings. The van der Waals surface area contributed by atoms with E-state index in [2.05, 4.69) is 45.6 Å². The van der Waals surface area contributed by atoms with Crippen LogP contribution in [0.5, 0.6) is 0 Å². The number of benzene rings is 1. The number of H-pyrrole nitrogens is 1. The van der Waals surface area contributed by atoms with Gasteiger partial charge in [0, 0.05) is 24.5 Å². The Hall–Kier alpha value is -1.61. The van der Waals surface area contributed by atoms with Gasteiger partial charge in [-0.3, -0.25) is 0 Å². The predicted octanol–water partition coefficient (Wildman–Crippen LogP) is 3.23. The van der Waals surface area contributed by atoms with Gasteiger partial charge in [0.25, 0.3) is 0 Å². The number of aromatic nitrogens is 2. The highest BCUT2D eigenvalue weighted by atomic mass is 15.0. The van der Waals surface area contributed by atoms with E-state index < -0.39 is 0 Å². The van der Waals surface area contributed by atoms with E-state index in [4.69, 9.17) is 0 Å². The van der Waals surface area contributed by atoms with Gasteiger partial charge >= 0.3 is 0 Å². The van der Waals surface area contributed by atoms with Crippen molar-refractivity contribution in [1.82, 2.24) is 15.3 Å². The highest BCUT2D eigenvalue weighted by molar-refractivity contribution is 5.22. The Balaban J connectivity index is 1.67. The zero-order chi connectivity index (χ0) is 12.9. The summed E-state index contributed by atoms with van der Waals surface area (Å²) in [5, 5.41) is 3.70. The fourth-order valence-electron chi connectivity index (χ4n) is 3.10. The Bertz CT molecular complexity index is 478. The van der Waals surface area contributed by atoms with Crippen LogP contribution in [0.2, 0.25) is 0 Å².